The van der Waals surface area contributed by atoms with Crippen molar-refractivity contribution >= 4 is 5.91 Å². The third-order valence-corrected chi connectivity index (χ3v) is 5.38. The standard InChI is InChI=1S/C18H22FN5O/c1-22-10-2-4-16(22)17-5-3-11-23(17)18(25)15-12-24(21-20-15)14-8-6-13(19)7-9-14/h6-9,12,16-17H,2-5,10-11H2,1H3. The van der Waals surface area contributed by atoms with E-state index in [1.807, 2.05) is 4.90 Å². The summed E-state index contributed by atoms with van der Waals surface area (Å²) in [7, 11) is 2.14. The van der Waals surface area contributed by atoms with Gasteiger partial charge in [0, 0.05) is 18.6 Å². The molecule has 2 aliphatic heterocycles. The molecule has 2 saturated heterocycles. The maximum atomic E-state index is 13.1. The summed E-state index contributed by atoms with van der Waals surface area (Å²) in [6.45, 7) is 1.88. The molecule has 7 heteroatoms. The van der Waals surface area contributed by atoms with E-state index in [1.165, 1.54) is 23.2 Å². The second-order valence-corrected chi connectivity index (χ2v) is 6.92. The summed E-state index contributed by atoms with van der Waals surface area (Å²) >= 11 is 0. The van der Waals surface area contributed by atoms with Crippen LogP contribution >= 0.6 is 0 Å². The van der Waals surface area contributed by atoms with Crippen LogP contribution in [0.25, 0.3) is 5.69 Å². The van der Waals surface area contributed by atoms with Gasteiger partial charge in [0.1, 0.15) is 5.82 Å². The summed E-state index contributed by atoms with van der Waals surface area (Å²) in [5, 5.41) is 8.09. The number of likely N-dealkylation sites (N-methyl/N-ethyl adjacent to an activating group) is 1. The minimum Gasteiger partial charge on any atom is -0.333 e. The molecule has 132 valence electrons. The normalized spacial score (nSPS) is 24.2. The highest BCUT2D eigenvalue weighted by Gasteiger charge is 2.39. The second kappa shape index (κ2) is 6.55. The van der Waals surface area contributed by atoms with Crippen LogP contribution in [0.1, 0.15) is 36.2 Å². The van der Waals surface area contributed by atoms with Gasteiger partial charge in [0.25, 0.3) is 5.91 Å². The zero-order valence-corrected chi connectivity index (χ0v) is 14.3. The molecule has 2 unspecified atom stereocenters. The van der Waals surface area contributed by atoms with E-state index in [1.54, 1.807) is 18.3 Å². The molecule has 2 fully saturated rings. The van der Waals surface area contributed by atoms with Crippen molar-refractivity contribution in [1.82, 2.24) is 24.8 Å². The molecule has 1 aromatic heterocycles. The molecule has 0 bridgehead atoms. The molecule has 2 aromatic rings. The zero-order chi connectivity index (χ0) is 17.4. The van der Waals surface area contributed by atoms with E-state index in [9.17, 15) is 9.18 Å². The monoisotopic (exact) mass is 343 g/mol. The lowest BCUT2D eigenvalue weighted by Gasteiger charge is -2.32. The molecule has 1 aromatic carbocycles. The highest BCUT2D eigenvalue weighted by atomic mass is 19.1. The predicted molar refractivity (Wildman–Crippen MR) is 91.0 cm³/mol. The quantitative estimate of drug-likeness (QED) is 0.856. The fraction of sp³-hybridized carbons (Fsp3) is 0.500. The van der Waals surface area contributed by atoms with Gasteiger partial charge >= 0.3 is 0 Å². The van der Waals surface area contributed by atoms with Crippen molar-refractivity contribution in [2.24, 2.45) is 0 Å². The van der Waals surface area contributed by atoms with Crippen LogP contribution in [-0.2, 0) is 0 Å². The molecule has 0 N–H and O–H groups in total. The Kier molecular flexibility index (Phi) is 4.25. The van der Waals surface area contributed by atoms with E-state index in [2.05, 4.69) is 22.3 Å². The number of aromatic nitrogens is 3. The van der Waals surface area contributed by atoms with Gasteiger partial charge in [-0.25, -0.2) is 9.07 Å². The first-order valence-electron chi connectivity index (χ1n) is 8.83. The third-order valence-electron chi connectivity index (χ3n) is 5.38. The van der Waals surface area contributed by atoms with Crippen LogP contribution in [0.5, 0.6) is 0 Å². The van der Waals surface area contributed by atoms with E-state index in [4.69, 9.17) is 0 Å². The minimum atomic E-state index is -0.305. The number of likely N-dealkylation sites (tertiary alicyclic amines) is 2. The Morgan fingerprint density at radius 1 is 1.12 bits per heavy atom. The number of rotatable bonds is 3. The Labute approximate surface area is 146 Å². The van der Waals surface area contributed by atoms with E-state index in [-0.39, 0.29) is 17.8 Å². The number of benzene rings is 1. The second-order valence-electron chi connectivity index (χ2n) is 6.92. The van der Waals surface area contributed by atoms with E-state index >= 15 is 0 Å². The minimum absolute atomic E-state index is 0.0591. The molecule has 0 radical (unpaired) electrons. The van der Waals surface area contributed by atoms with Gasteiger partial charge in [0.05, 0.1) is 11.9 Å². The van der Waals surface area contributed by atoms with Crippen molar-refractivity contribution in [3.8, 4) is 5.69 Å². The van der Waals surface area contributed by atoms with E-state index in [0.29, 0.717) is 17.4 Å². The predicted octanol–water partition coefficient (Wildman–Crippen LogP) is 2.11. The van der Waals surface area contributed by atoms with Crippen molar-refractivity contribution < 1.29 is 9.18 Å². The SMILES string of the molecule is CN1CCCC1C1CCCN1C(=O)c1cn(-c2ccc(F)cc2)nn1. The number of carbonyl (C=O) groups is 1. The Bertz CT molecular complexity index is 759. The molecule has 4 rings (SSSR count). The maximum Gasteiger partial charge on any atom is 0.276 e. The number of hydrogen-bond acceptors (Lipinski definition) is 4. The molecule has 0 aliphatic carbocycles. The molecule has 25 heavy (non-hydrogen) atoms. The van der Waals surface area contributed by atoms with Crippen LogP contribution in [0.3, 0.4) is 0 Å². The van der Waals surface area contributed by atoms with Crippen molar-refractivity contribution in [2.45, 2.75) is 37.8 Å². The summed E-state index contributed by atoms with van der Waals surface area (Å²) in [5.41, 5.74) is 1.03. The zero-order valence-electron chi connectivity index (χ0n) is 14.3. The van der Waals surface area contributed by atoms with Crippen molar-refractivity contribution in [2.75, 3.05) is 20.1 Å². The molecular formula is C18H22FN5O. The van der Waals surface area contributed by atoms with Gasteiger partial charge in [0.2, 0.25) is 0 Å². The fourth-order valence-corrected chi connectivity index (χ4v) is 4.10. The molecule has 0 spiro atoms. The molecule has 6 nitrogen and oxygen atoms in total. The van der Waals surface area contributed by atoms with E-state index < -0.39 is 0 Å². The first-order valence-corrected chi connectivity index (χ1v) is 8.83. The maximum absolute atomic E-state index is 13.1. The summed E-state index contributed by atoms with van der Waals surface area (Å²) < 4.78 is 14.6. The highest BCUT2D eigenvalue weighted by molar-refractivity contribution is 5.92. The summed E-state index contributed by atoms with van der Waals surface area (Å²) in [4.78, 5) is 17.3. The Balaban J connectivity index is 1.53. The van der Waals surface area contributed by atoms with Crippen molar-refractivity contribution in [3.63, 3.8) is 0 Å². The number of amides is 1. The van der Waals surface area contributed by atoms with Gasteiger partial charge in [0.15, 0.2) is 5.69 Å². The van der Waals surface area contributed by atoms with Crippen LogP contribution in [0.15, 0.2) is 30.5 Å². The molecule has 2 atom stereocenters. The molecule has 2 aliphatic rings. The molecule has 0 saturated carbocycles. The average Bonchev–Trinajstić information content (AvgIpc) is 3.35. The van der Waals surface area contributed by atoms with Crippen LogP contribution in [0.4, 0.5) is 4.39 Å². The summed E-state index contributed by atoms with van der Waals surface area (Å²) in [6, 6.07) is 6.67. The van der Waals surface area contributed by atoms with Crippen LogP contribution < -0.4 is 0 Å². The smallest absolute Gasteiger partial charge is 0.276 e. The van der Waals surface area contributed by atoms with Gasteiger partial charge < -0.3 is 9.80 Å². The van der Waals surface area contributed by atoms with Gasteiger partial charge in [-0.3, -0.25) is 4.79 Å². The average molecular weight is 343 g/mol. The summed E-state index contributed by atoms with van der Waals surface area (Å²) in [5.74, 6) is -0.364. The Hall–Kier alpha value is -2.28. The lowest BCUT2D eigenvalue weighted by atomic mass is 10.0. The lowest BCUT2D eigenvalue weighted by molar-refractivity contribution is 0.0658. The van der Waals surface area contributed by atoms with Gasteiger partial charge in [-0.05, 0) is 63.5 Å². The summed E-state index contributed by atoms with van der Waals surface area (Å²) in [6.07, 6.45) is 6.05. The fourth-order valence-electron chi connectivity index (χ4n) is 4.10. The number of hydrogen-bond donors (Lipinski definition) is 0. The highest BCUT2D eigenvalue weighted by Crippen LogP contribution is 2.29. The first-order chi connectivity index (χ1) is 12.1. The molecule has 3 heterocycles. The van der Waals surface area contributed by atoms with Crippen molar-refractivity contribution in [1.29, 1.82) is 0 Å². The molecule has 1 amide bonds. The van der Waals surface area contributed by atoms with Crippen LogP contribution in [0.2, 0.25) is 0 Å². The topological polar surface area (TPSA) is 54.3 Å². The largest absolute Gasteiger partial charge is 0.333 e. The van der Waals surface area contributed by atoms with Gasteiger partial charge in [-0.2, -0.15) is 0 Å². The molecular weight excluding hydrogens is 321 g/mol. The van der Waals surface area contributed by atoms with Gasteiger partial charge in [-0.15, -0.1) is 5.10 Å². The lowest BCUT2D eigenvalue weighted by Crippen LogP contribution is -2.47. The third kappa shape index (κ3) is 3.04. The van der Waals surface area contributed by atoms with E-state index in [0.717, 1.165) is 32.4 Å². The Morgan fingerprint density at radius 3 is 2.56 bits per heavy atom. The number of halogens is 1. The van der Waals surface area contributed by atoms with Crippen molar-refractivity contribution in [3.05, 3.63) is 42.0 Å². The Morgan fingerprint density at radius 2 is 1.84 bits per heavy atom. The van der Waals surface area contributed by atoms with Crippen LogP contribution in [0, 0.1) is 5.82 Å². The van der Waals surface area contributed by atoms with Gasteiger partial charge in [-0.1, -0.05) is 5.21 Å². The van der Waals surface area contributed by atoms with Crippen LogP contribution in [-0.4, -0.2) is 62.9 Å². The number of nitrogens with zero attached hydrogens (tertiary/aromatic N) is 5. The first kappa shape index (κ1) is 16.2. The number of carbonyl (C=O) groups excluding carboxylic acids is 1.